The van der Waals surface area contributed by atoms with E-state index in [1.165, 1.54) is 0 Å². The van der Waals surface area contributed by atoms with E-state index in [4.69, 9.17) is 0 Å². The molecular weight excluding hydrogens is 182 g/mol. The normalized spacial score (nSPS) is 10.9. The van der Waals surface area contributed by atoms with Gasteiger partial charge in [0.2, 0.25) is 0 Å². The van der Waals surface area contributed by atoms with Crippen LogP contribution in [-0.4, -0.2) is 14.6 Å². The molecule has 0 aliphatic carbocycles. The van der Waals surface area contributed by atoms with Crippen molar-refractivity contribution in [3.63, 3.8) is 0 Å². The van der Waals surface area contributed by atoms with Gasteiger partial charge in [0.15, 0.2) is 5.65 Å². The number of hydrogen-bond donors (Lipinski definition) is 1. The Hall–Kier alpha value is -1.03. The standard InChI is InChI=1S/C9H11N3S/c1-2-8-7(6-13)9-10-4-3-5-12(9)11-8/h3-5,13H,2,6H2,1H3. The minimum Gasteiger partial charge on any atom is -0.237 e. The zero-order valence-electron chi connectivity index (χ0n) is 7.44. The molecule has 0 atom stereocenters. The van der Waals surface area contributed by atoms with Gasteiger partial charge in [-0.05, 0) is 12.5 Å². The highest BCUT2D eigenvalue weighted by atomic mass is 32.1. The van der Waals surface area contributed by atoms with E-state index >= 15 is 0 Å². The van der Waals surface area contributed by atoms with Crippen molar-refractivity contribution in [2.24, 2.45) is 0 Å². The van der Waals surface area contributed by atoms with Gasteiger partial charge < -0.3 is 0 Å². The van der Waals surface area contributed by atoms with E-state index in [-0.39, 0.29) is 0 Å². The number of hydrogen-bond acceptors (Lipinski definition) is 3. The van der Waals surface area contributed by atoms with E-state index in [2.05, 4.69) is 29.6 Å². The number of fused-ring (bicyclic) bond motifs is 1. The van der Waals surface area contributed by atoms with E-state index in [9.17, 15) is 0 Å². The lowest BCUT2D eigenvalue weighted by Crippen LogP contribution is -1.87. The van der Waals surface area contributed by atoms with Gasteiger partial charge in [0.25, 0.3) is 0 Å². The highest BCUT2D eigenvalue weighted by Gasteiger charge is 2.09. The first-order valence-corrected chi connectivity index (χ1v) is 4.92. The summed E-state index contributed by atoms with van der Waals surface area (Å²) in [5.41, 5.74) is 3.16. The predicted molar refractivity (Wildman–Crippen MR) is 55.1 cm³/mol. The third-order valence-electron chi connectivity index (χ3n) is 2.07. The fourth-order valence-corrected chi connectivity index (χ4v) is 1.75. The quantitative estimate of drug-likeness (QED) is 0.736. The maximum absolute atomic E-state index is 4.41. The Morgan fingerprint density at radius 3 is 3.08 bits per heavy atom. The molecule has 13 heavy (non-hydrogen) atoms. The minimum absolute atomic E-state index is 0.698. The summed E-state index contributed by atoms with van der Waals surface area (Å²) in [6.45, 7) is 2.09. The van der Waals surface area contributed by atoms with Crippen LogP contribution in [0.2, 0.25) is 0 Å². The fourth-order valence-electron chi connectivity index (χ4n) is 1.43. The van der Waals surface area contributed by atoms with E-state index in [0.29, 0.717) is 5.75 Å². The number of aromatic nitrogens is 3. The molecule has 0 bridgehead atoms. The topological polar surface area (TPSA) is 30.2 Å². The molecule has 68 valence electrons. The molecular formula is C9H11N3S. The van der Waals surface area contributed by atoms with Crippen molar-refractivity contribution in [2.75, 3.05) is 0 Å². The van der Waals surface area contributed by atoms with Crippen LogP contribution in [0.1, 0.15) is 18.2 Å². The van der Waals surface area contributed by atoms with Crippen molar-refractivity contribution in [1.82, 2.24) is 14.6 Å². The van der Waals surface area contributed by atoms with Gasteiger partial charge in [-0.15, -0.1) is 0 Å². The molecule has 3 nitrogen and oxygen atoms in total. The van der Waals surface area contributed by atoms with E-state index in [1.807, 2.05) is 16.8 Å². The maximum atomic E-state index is 4.41. The molecule has 0 aromatic carbocycles. The highest BCUT2D eigenvalue weighted by molar-refractivity contribution is 7.79. The summed E-state index contributed by atoms with van der Waals surface area (Å²) in [5, 5.41) is 4.41. The second kappa shape index (κ2) is 3.38. The summed E-state index contributed by atoms with van der Waals surface area (Å²) >= 11 is 4.28. The lowest BCUT2D eigenvalue weighted by atomic mass is 10.2. The molecule has 0 radical (unpaired) electrons. The Balaban J connectivity index is 2.73. The van der Waals surface area contributed by atoms with Gasteiger partial charge >= 0.3 is 0 Å². The molecule has 0 spiro atoms. The second-order valence-electron chi connectivity index (χ2n) is 2.82. The van der Waals surface area contributed by atoms with Crippen LogP contribution < -0.4 is 0 Å². The smallest absolute Gasteiger partial charge is 0.159 e. The summed E-state index contributed by atoms with van der Waals surface area (Å²) < 4.78 is 1.81. The van der Waals surface area contributed by atoms with Crippen LogP contribution in [-0.2, 0) is 12.2 Å². The van der Waals surface area contributed by atoms with Crippen LogP contribution in [0.4, 0.5) is 0 Å². The van der Waals surface area contributed by atoms with Crippen molar-refractivity contribution in [2.45, 2.75) is 19.1 Å². The first-order chi connectivity index (χ1) is 6.36. The molecule has 0 aliphatic rings. The highest BCUT2D eigenvalue weighted by Crippen LogP contribution is 2.15. The third kappa shape index (κ3) is 1.31. The Morgan fingerprint density at radius 2 is 2.38 bits per heavy atom. The predicted octanol–water partition coefficient (Wildman–Crippen LogP) is 1.72. The molecule has 0 unspecified atom stereocenters. The summed E-state index contributed by atoms with van der Waals surface area (Å²) in [4.78, 5) is 4.27. The molecule has 2 heterocycles. The molecule has 0 saturated carbocycles. The zero-order chi connectivity index (χ0) is 9.26. The van der Waals surface area contributed by atoms with E-state index in [1.54, 1.807) is 6.20 Å². The Morgan fingerprint density at radius 1 is 1.54 bits per heavy atom. The monoisotopic (exact) mass is 193 g/mol. The van der Waals surface area contributed by atoms with Crippen molar-refractivity contribution >= 4 is 18.3 Å². The number of nitrogens with zero attached hydrogens (tertiary/aromatic N) is 3. The molecule has 2 aromatic rings. The Labute approximate surface area is 82.2 Å². The molecule has 0 saturated heterocycles. The van der Waals surface area contributed by atoms with Crippen molar-refractivity contribution in [3.8, 4) is 0 Å². The van der Waals surface area contributed by atoms with Crippen LogP contribution in [0.25, 0.3) is 5.65 Å². The Bertz CT molecular complexity index is 422. The van der Waals surface area contributed by atoms with Gasteiger partial charge in [-0.3, -0.25) is 0 Å². The first-order valence-electron chi connectivity index (χ1n) is 4.28. The fraction of sp³-hybridized carbons (Fsp3) is 0.333. The van der Waals surface area contributed by atoms with Gasteiger partial charge in [0.1, 0.15) is 0 Å². The van der Waals surface area contributed by atoms with E-state index in [0.717, 1.165) is 23.3 Å². The maximum Gasteiger partial charge on any atom is 0.159 e. The lowest BCUT2D eigenvalue weighted by molar-refractivity contribution is 0.885. The van der Waals surface area contributed by atoms with Crippen LogP contribution in [0.5, 0.6) is 0 Å². The zero-order valence-corrected chi connectivity index (χ0v) is 8.33. The second-order valence-corrected chi connectivity index (χ2v) is 3.14. The SMILES string of the molecule is CCc1nn2cccnc2c1CS. The summed E-state index contributed by atoms with van der Waals surface area (Å²) in [7, 11) is 0. The van der Waals surface area contributed by atoms with Crippen LogP contribution in [0.15, 0.2) is 18.5 Å². The van der Waals surface area contributed by atoms with Gasteiger partial charge in [-0.1, -0.05) is 6.92 Å². The summed E-state index contributed by atoms with van der Waals surface area (Å²) in [6, 6.07) is 1.88. The van der Waals surface area contributed by atoms with Crippen molar-refractivity contribution in [3.05, 3.63) is 29.7 Å². The molecule has 4 heteroatoms. The number of aryl methyl sites for hydroxylation is 1. The largest absolute Gasteiger partial charge is 0.237 e. The lowest BCUT2D eigenvalue weighted by Gasteiger charge is -1.93. The molecule has 0 aliphatic heterocycles. The number of thiol groups is 1. The van der Waals surface area contributed by atoms with E-state index < -0.39 is 0 Å². The van der Waals surface area contributed by atoms with Gasteiger partial charge in [-0.25, -0.2) is 9.50 Å². The van der Waals surface area contributed by atoms with Crippen molar-refractivity contribution in [1.29, 1.82) is 0 Å². The van der Waals surface area contributed by atoms with Gasteiger partial charge in [0, 0.05) is 23.7 Å². The molecule has 0 N–H and O–H groups in total. The minimum atomic E-state index is 0.698. The average molecular weight is 193 g/mol. The molecule has 0 amide bonds. The van der Waals surface area contributed by atoms with Gasteiger partial charge in [0.05, 0.1) is 5.69 Å². The van der Waals surface area contributed by atoms with Crippen molar-refractivity contribution < 1.29 is 0 Å². The molecule has 2 rings (SSSR count). The molecule has 0 fully saturated rings. The summed E-state index contributed by atoms with van der Waals surface area (Å²) in [5.74, 6) is 0.698. The van der Waals surface area contributed by atoms with Crippen LogP contribution >= 0.6 is 12.6 Å². The number of rotatable bonds is 2. The first kappa shape index (κ1) is 8.56. The van der Waals surface area contributed by atoms with Crippen LogP contribution in [0, 0.1) is 0 Å². The van der Waals surface area contributed by atoms with Crippen LogP contribution in [0.3, 0.4) is 0 Å². The third-order valence-corrected chi connectivity index (χ3v) is 2.38. The Kier molecular flexibility index (Phi) is 2.22. The molecule has 2 aromatic heterocycles. The average Bonchev–Trinajstić information content (AvgIpc) is 2.55. The van der Waals surface area contributed by atoms with Gasteiger partial charge in [-0.2, -0.15) is 17.7 Å². The summed E-state index contributed by atoms with van der Waals surface area (Å²) in [6.07, 6.45) is 4.62.